The van der Waals surface area contributed by atoms with Crippen molar-refractivity contribution in [3.63, 3.8) is 0 Å². The topological polar surface area (TPSA) is 86.8 Å². The molecule has 2 aromatic rings. The Kier molecular flexibility index (Phi) is 11.5. The standard InChI is InChI=1S/C28H34FN3O4S3/c1-3-5-7-17-31(18-8-6-4-2)23-13-9-21(10-14-23)19-25-27(34)32(28(37)38-25)20-26(33)30-39(35,36)24-15-11-22(29)12-16-24/h9-16,19H,3-8,17-18,20H2,1-2H3,(H,30,33)/b25-19-. The molecule has 0 spiro atoms. The van der Waals surface area contributed by atoms with Crippen molar-refractivity contribution in [2.24, 2.45) is 0 Å². The van der Waals surface area contributed by atoms with Gasteiger partial charge in [0, 0.05) is 18.8 Å². The molecule has 1 aliphatic heterocycles. The fourth-order valence-electron chi connectivity index (χ4n) is 4.04. The molecule has 1 heterocycles. The summed E-state index contributed by atoms with van der Waals surface area (Å²) in [4.78, 5) is 29.0. The van der Waals surface area contributed by atoms with Crippen molar-refractivity contribution in [3.8, 4) is 0 Å². The van der Waals surface area contributed by atoms with Gasteiger partial charge in [-0.1, -0.05) is 75.6 Å². The molecule has 11 heteroatoms. The summed E-state index contributed by atoms with van der Waals surface area (Å²) >= 11 is 6.34. The lowest BCUT2D eigenvalue weighted by atomic mass is 10.1. The first-order valence-electron chi connectivity index (χ1n) is 13.1. The zero-order valence-electron chi connectivity index (χ0n) is 22.2. The third kappa shape index (κ3) is 8.87. The summed E-state index contributed by atoms with van der Waals surface area (Å²) in [5.41, 5.74) is 1.97. The van der Waals surface area contributed by atoms with Crippen LogP contribution in [-0.2, 0) is 19.6 Å². The molecule has 0 atom stereocenters. The van der Waals surface area contributed by atoms with E-state index in [9.17, 15) is 22.4 Å². The van der Waals surface area contributed by atoms with Crippen molar-refractivity contribution < 1.29 is 22.4 Å². The smallest absolute Gasteiger partial charge is 0.266 e. The van der Waals surface area contributed by atoms with E-state index >= 15 is 0 Å². The number of thioether (sulfide) groups is 1. The number of nitrogens with zero attached hydrogens (tertiary/aromatic N) is 2. The van der Waals surface area contributed by atoms with E-state index in [-0.39, 0.29) is 9.22 Å². The Morgan fingerprint density at radius 1 is 1.00 bits per heavy atom. The summed E-state index contributed by atoms with van der Waals surface area (Å²) in [5, 5.41) is 0. The van der Waals surface area contributed by atoms with E-state index < -0.39 is 34.2 Å². The van der Waals surface area contributed by atoms with Crippen LogP contribution >= 0.6 is 24.0 Å². The normalized spacial score (nSPS) is 14.7. The van der Waals surface area contributed by atoms with E-state index in [1.165, 1.54) is 25.7 Å². The molecule has 0 aromatic heterocycles. The molecule has 7 nitrogen and oxygen atoms in total. The number of hydrogen-bond acceptors (Lipinski definition) is 7. The Bertz CT molecular complexity index is 1290. The lowest BCUT2D eigenvalue weighted by Crippen LogP contribution is -2.41. The second kappa shape index (κ2) is 14.6. The lowest BCUT2D eigenvalue weighted by Gasteiger charge is -2.25. The molecule has 1 fully saturated rings. The van der Waals surface area contributed by atoms with Gasteiger partial charge in [0.2, 0.25) is 0 Å². The van der Waals surface area contributed by atoms with Crippen molar-refractivity contribution in [1.29, 1.82) is 0 Å². The largest absolute Gasteiger partial charge is 0.372 e. The fraction of sp³-hybridized carbons (Fsp3) is 0.393. The predicted octanol–water partition coefficient (Wildman–Crippen LogP) is 5.72. The van der Waals surface area contributed by atoms with Gasteiger partial charge in [0.25, 0.3) is 21.8 Å². The summed E-state index contributed by atoms with van der Waals surface area (Å²) in [5.74, 6) is -1.99. The Morgan fingerprint density at radius 2 is 1.59 bits per heavy atom. The molecule has 2 aromatic carbocycles. The number of sulfonamides is 1. The number of thiocarbonyl (C=S) groups is 1. The molecule has 1 aliphatic rings. The maximum absolute atomic E-state index is 13.1. The van der Waals surface area contributed by atoms with Crippen molar-refractivity contribution >= 4 is 61.9 Å². The Balaban J connectivity index is 1.65. The van der Waals surface area contributed by atoms with Crippen LogP contribution in [0.15, 0.2) is 58.3 Å². The van der Waals surface area contributed by atoms with E-state index in [1.54, 1.807) is 6.08 Å². The molecule has 0 saturated carbocycles. The highest BCUT2D eigenvalue weighted by Crippen LogP contribution is 2.32. The number of halogens is 1. The van der Waals surface area contributed by atoms with Crippen molar-refractivity contribution in [3.05, 3.63) is 64.8 Å². The van der Waals surface area contributed by atoms with Crippen LogP contribution in [0.4, 0.5) is 10.1 Å². The van der Waals surface area contributed by atoms with Gasteiger partial charge in [-0.2, -0.15) is 0 Å². The molecule has 3 rings (SSSR count). The van der Waals surface area contributed by atoms with E-state index in [4.69, 9.17) is 12.2 Å². The maximum atomic E-state index is 13.1. The van der Waals surface area contributed by atoms with Crippen LogP contribution in [0, 0.1) is 5.82 Å². The minimum atomic E-state index is -4.21. The number of carbonyl (C=O) groups excluding carboxylic acids is 2. The highest BCUT2D eigenvalue weighted by atomic mass is 32.2. The first-order chi connectivity index (χ1) is 18.6. The molecular formula is C28H34FN3O4S3. The first kappa shape index (κ1) is 30.8. The van der Waals surface area contributed by atoms with Crippen LogP contribution in [0.3, 0.4) is 0 Å². The second-order valence-electron chi connectivity index (χ2n) is 9.24. The second-order valence-corrected chi connectivity index (χ2v) is 12.6. The van der Waals surface area contributed by atoms with Gasteiger partial charge in [-0.05, 0) is 60.9 Å². The number of unbranched alkanes of at least 4 members (excludes halogenated alkanes) is 4. The molecule has 1 saturated heterocycles. The first-order valence-corrected chi connectivity index (χ1v) is 15.8. The number of anilines is 1. The molecule has 1 N–H and O–H groups in total. The molecule has 39 heavy (non-hydrogen) atoms. The third-order valence-electron chi connectivity index (χ3n) is 6.17. The quantitative estimate of drug-likeness (QED) is 0.171. The average Bonchev–Trinajstić information content (AvgIpc) is 3.15. The van der Waals surface area contributed by atoms with Crippen molar-refractivity contribution in [1.82, 2.24) is 9.62 Å². The highest BCUT2D eigenvalue weighted by Gasteiger charge is 2.34. The van der Waals surface area contributed by atoms with Gasteiger partial charge in [0.15, 0.2) is 0 Å². The molecular weight excluding hydrogens is 558 g/mol. The van der Waals surface area contributed by atoms with Crippen LogP contribution in [0.5, 0.6) is 0 Å². The summed E-state index contributed by atoms with van der Waals surface area (Å²) in [6.45, 7) is 5.86. The van der Waals surface area contributed by atoms with Gasteiger partial charge >= 0.3 is 0 Å². The van der Waals surface area contributed by atoms with Crippen molar-refractivity contribution in [2.75, 3.05) is 24.5 Å². The van der Waals surface area contributed by atoms with Crippen LogP contribution in [-0.4, -0.2) is 49.1 Å². The summed E-state index contributed by atoms with van der Waals surface area (Å²) in [6, 6.07) is 12.1. The average molecular weight is 592 g/mol. The number of amides is 2. The van der Waals surface area contributed by atoms with Crippen LogP contribution in [0.2, 0.25) is 0 Å². The highest BCUT2D eigenvalue weighted by molar-refractivity contribution is 8.26. The fourth-order valence-corrected chi connectivity index (χ4v) is 6.27. The molecule has 2 amide bonds. The molecule has 0 aliphatic carbocycles. The van der Waals surface area contributed by atoms with E-state index in [0.717, 1.165) is 78.1 Å². The van der Waals surface area contributed by atoms with Gasteiger partial charge in [-0.25, -0.2) is 17.5 Å². The predicted molar refractivity (Wildman–Crippen MR) is 159 cm³/mol. The monoisotopic (exact) mass is 591 g/mol. The van der Waals surface area contributed by atoms with Gasteiger partial charge in [-0.15, -0.1) is 0 Å². The molecule has 210 valence electrons. The molecule has 0 bridgehead atoms. The number of rotatable bonds is 14. The van der Waals surface area contributed by atoms with E-state index in [0.29, 0.717) is 4.91 Å². The maximum Gasteiger partial charge on any atom is 0.266 e. The van der Waals surface area contributed by atoms with Gasteiger partial charge < -0.3 is 4.90 Å². The summed E-state index contributed by atoms with van der Waals surface area (Å²) in [6.07, 6.45) is 8.74. The molecule has 0 radical (unpaired) electrons. The Labute approximate surface area is 239 Å². The van der Waals surface area contributed by atoms with Crippen molar-refractivity contribution in [2.45, 2.75) is 57.3 Å². The van der Waals surface area contributed by atoms with Gasteiger partial charge in [-0.3, -0.25) is 14.5 Å². The van der Waals surface area contributed by atoms with Gasteiger partial charge in [0.1, 0.15) is 16.7 Å². The lowest BCUT2D eigenvalue weighted by molar-refractivity contribution is -0.127. The number of hydrogen-bond donors (Lipinski definition) is 1. The number of benzene rings is 2. The third-order valence-corrected chi connectivity index (χ3v) is 8.93. The van der Waals surface area contributed by atoms with Gasteiger partial charge in [0.05, 0.1) is 9.80 Å². The zero-order chi connectivity index (χ0) is 28.4. The number of carbonyl (C=O) groups is 2. The minimum Gasteiger partial charge on any atom is -0.372 e. The summed E-state index contributed by atoms with van der Waals surface area (Å²) < 4.78 is 40.0. The van der Waals surface area contributed by atoms with E-state index in [1.807, 2.05) is 16.9 Å². The van der Waals surface area contributed by atoms with E-state index in [2.05, 4.69) is 30.9 Å². The van der Waals surface area contributed by atoms with Crippen LogP contribution in [0.1, 0.15) is 57.9 Å². The SMILES string of the molecule is CCCCCN(CCCCC)c1ccc(/C=C2\SC(=S)N(CC(=O)NS(=O)(=O)c3ccc(F)cc3)C2=O)cc1. The minimum absolute atomic E-state index is 0.162. The zero-order valence-corrected chi connectivity index (χ0v) is 24.6. The summed E-state index contributed by atoms with van der Waals surface area (Å²) in [7, 11) is -4.21. The Hall–Kier alpha value is -2.76. The number of nitrogens with one attached hydrogen (secondary N) is 1. The van der Waals surface area contributed by atoms with Crippen LogP contribution in [0.25, 0.3) is 6.08 Å². The van der Waals surface area contributed by atoms with Crippen LogP contribution < -0.4 is 9.62 Å². The molecule has 0 unspecified atom stereocenters. The Morgan fingerprint density at radius 3 is 2.15 bits per heavy atom.